The lowest BCUT2D eigenvalue weighted by Gasteiger charge is -2.15. The van der Waals surface area contributed by atoms with Gasteiger partial charge in [-0.25, -0.2) is 0 Å². The monoisotopic (exact) mass is 426 g/mol. The summed E-state index contributed by atoms with van der Waals surface area (Å²) in [4.78, 5) is 0. The summed E-state index contributed by atoms with van der Waals surface area (Å²) in [6.07, 6.45) is 21.3. The normalized spacial score (nSPS) is 13.7. The van der Waals surface area contributed by atoms with Crippen molar-refractivity contribution < 1.29 is 5.11 Å². The number of rotatable bonds is 16. The first kappa shape index (κ1) is 29.4. The summed E-state index contributed by atoms with van der Waals surface area (Å²) >= 11 is 0. The maximum atomic E-state index is 9.83. The molecule has 0 saturated heterocycles. The number of allylic oxidation sites excluding steroid dienone is 10. The Kier molecular flexibility index (Phi) is 17.1. The summed E-state index contributed by atoms with van der Waals surface area (Å²) < 4.78 is 0. The van der Waals surface area contributed by atoms with Crippen LogP contribution in [0.4, 0.5) is 0 Å². The molecule has 0 unspecified atom stereocenters. The average Bonchev–Trinajstić information content (AvgIpc) is 2.67. The zero-order valence-electron chi connectivity index (χ0n) is 21.7. The minimum Gasteiger partial charge on any atom is -0.396 e. The molecule has 0 aliphatic heterocycles. The van der Waals surface area contributed by atoms with Gasteiger partial charge in [-0.1, -0.05) is 70.4 Å². The highest BCUT2D eigenvalue weighted by Gasteiger charge is 2.10. The van der Waals surface area contributed by atoms with Crippen LogP contribution in [0.25, 0.3) is 0 Å². The molecule has 0 amide bonds. The van der Waals surface area contributed by atoms with Crippen LogP contribution in [0, 0.1) is 5.92 Å². The van der Waals surface area contributed by atoms with Gasteiger partial charge in [-0.2, -0.15) is 0 Å². The number of aliphatic hydroxyl groups is 1. The van der Waals surface area contributed by atoms with Crippen LogP contribution in [0.5, 0.6) is 0 Å². The average molecular weight is 427 g/mol. The molecular formula is C30H50O. The van der Waals surface area contributed by atoms with Gasteiger partial charge >= 0.3 is 0 Å². The van der Waals surface area contributed by atoms with Gasteiger partial charge in [-0.05, 0) is 106 Å². The number of hydrogen-bond donors (Lipinski definition) is 1. The van der Waals surface area contributed by atoms with Gasteiger partial charge in [0, 0.05) is 12.5 Å². The van der Waals surface area contributed by atoms with Gasteiger partial charge in [-0.15, -0.1) is 0 Å². The van der Waals surface area contributed by atoms with E-state index in [4.69, 9.17) is 0 Å². The summed E-state index contributed by atoms with van der Waals surface area (Å²) in [5.41, 5.74) is 8.31. The Bertz CT molecular complexity index is 659. The Morgan fingerprint density at radius 3 is 1.42 bits per heavy atom. The predicted molar refractivity (Wildman–Crippen MR) is 141 cm³/mol. The number of hydrogen-bond acceptors (Lipinski definition) is 1. The van der Waals surface area contributed by atoms with Gasteiger partial charge in [0.1, 0.15) is 0 Å². The summed E-state index contributed by atoms with van der Waals surface area (Å²) in [5.74, 6) is 0.177. The highest BCUT2D eigenvalue weighted by Crippen LogP contribution is 2.21. The minimum absolute atomic E-state index is 0.177. The van der Waals surface area contributed by atoms with E-state index in [0.29, 0.717) is 0 Å². The Balaban J connectivity index is 4.36. The van der Waals surface area contributed by atoms with Gasteiger partial charge < -0.3 is 5.11 Å². The lowest BCUT2D eigenvalue weighted by molar-refractivity contribution is 0.245. The molecule has 176 valence electrons. The van der Waals surface area contributed by atoms with Crippen molar-refractivity contribution in [2.24, 2.45) is 5.92 Å². The molecule has 0 saturated carbocycles. The number of aliphatic hydroxyl groups excluding tert-OH is 1. The SMILES string of the molecule is C=C(CC/C=C(\C)CCC=C(C)C)[C@H](CO)C/C=C(\C)CC/C=C(\C)CCC=C(C)C. The van der Waals surface area contributed by atoms with Crippen molar-refractivity contribution in [3.63, 3.8) is 0 Å². The van der Waals surface area contributed by atoms with Crippen LogP contribution in [0.15, 0.2) is 70.4 Å². The Labute approximate surface area is 194 Å². The zero-order valence-corrected chi connectivity index (χ0v) is 21.7. The molecule has 0 aliphatic rings. The largest absolute Gasteiger partial charge is 0.396 e. The molecule has 0 fully saturated rings. The second-order valence-electron chi connectivity index (χ2n) is 9.64. The maximum Gasteiger partial charge on any atom is 0.0499 e. The third-order valence-corrected chi connectivity index (χ3v) is 5.72. The molecule has 0 aromatic carbocycles. The van der Waals surface area contributed by atoms with Crippen LogP contribution in [0.1, 0.15) is 106 Å². The van der Waals surface area contributed by atoms with E-state index >= 15 is 0 Å². The van der Waals surface area contributed by atoms with Crippen LogP contribution < -0.4 is 0 Å². The first-order chi connectivity index (χ1) is 14.6. The van der Waals surface area contributed by atoms with E-state index in [1.54, 1.807) is 0 Å². The van der Waals surface area contributed by atoms with Crippen LogP contribution in [-0.2, 0) is 0 Å². The third-order valence-electron chi connectivity index (χ3n) is 5.72. The van der Waals surface area contributed by atoms with Crippen LogP contribution in [0.2, 0.25) is 0 Å². The molecular weight excluding hydrogens is 376 g/mol. The fourth-order valence-corrected chi connectivity index (χ4v) is 3.45. The molecule has 0 rings (SSSR count). The van der Waals surface area contributed by atoms with Crippen molar-refractivity contribution in [2.45, 2.75) is 106 Å². The fraction of sp³-hybridized carbons (Fsp3) is 0.600. The fourth-order valence-electron chi connectivity index (χ4n) is 3.45. The van der Waals surface area contributed by atoms with E-state index in [1.807, 2.05) is 0 Å². The summed E-state index contributed by atoms with van der Waals surface area (Å²) in [7, 11) is 0. The Hall–Kier alpha value is -1.60. The molecule has 0 aromatic rings. The smallest absolute Gasteiger partial charge is 0.0499 e. The lowest BCUT2D eigenvalue weighted by Crippen LogP contribution is -2.08. The standard InChI is InChI=1S/C30H50O/c1-24(2)13-9-15-26(5)17-11-18-28(7)21-22-30(23-31)29(8)20-12-19-27(6)16-10-14-25(3)4/h13-14,17,19,21,30-31H,8-12,15-16,18,20,22-23H2,1-7H3/b26-17+,27-19+,28-21+/t30-/m0/s1. The molecule has 31 heavy (non-hydrogen) atoms. The van der Waals surface area contributed by atoms with Gasteiger partial charge in [-0.3, -0.25) is 0 Å². The van der Waals surface area contributed by atoms with Crippen molar-refractivity contribution in [3.05, 3.63) is 70.4 Å². The summed E-state index contributed by atoms with van der Waals surface area (Å²) in [6.45, 7) is 19.7. The van der Waals surface area contributed by atoms with E-state index in [2.05, 4.69) is 85.4 Å². The van der Waals surface area contributed by atoms with E-state index in [1.165, 1.54) is 33.4 Å². The molecule has 0 bridgehead atoms. The van der Waals surface area contributed by atoms with Gasteiger partial charge in [0.05, 0.1) is 0 Å². The highest BCUT2D eigenvalue weighted by atomic mass is 16.3. The molecule has 1 atom stereocenters. The van der Waals surface area contributed by atoms with Crippen LogP contribution in [-0.4, -0.2) is 11.7 Å². The third kappa shape index (κ3) is 17.7. The second kappa shape index (κ2) is 18.0. The van der Waals surface area contributed by atoms with Crippen molar-refractivity contribution in [1.82, 2.24) is 0 Å². The minimum atomic E-state index is 0.177. The predicted octanol–water partition coefficient (Wildman–Crippen LogP) is 9.43. The molecule has 1 nitrogen and oxygen atoms in total. The summed E-state index contributed by atoms with van der Waals surface area (Å²) in [6, 6.07) is 0. The van der Waals surface area contributed by atoms with E-state index in [9.17, 15) is 5.11 Å². The zero-order chi connectivity index (χ0) is 23.6. The Morgan fingerprint density at radius 1 is 0.613 bits per heavy atom. The molecule has 0 aromatic heterocycles. The lowest BCUT2D eigenvalue weighted by atomic mass is 9.92. The molecule has 1 N–H and O–H groups in total. The second-order valence-corrected chi connectivity index (χ2v) is 9.64. The molecule has 0 spiro atoms. The Morgan fingerprint density at radius 2 is 1.00 bits per heavy atom. The van der Waals surface area contributed by atoms with Crippen molar-refractivity contribution in [3.8, 4) is 0 Å². The quantitative estimate of drug-likeness (QED) is 0.244. The van der Waals surface area contributed by atoms with E-state index in [0.717, 1.165) is 57.8 Å². The van der Waals surface area contributed by atoms with Gasteiger partial charge in [0.2, 0.25) is 0 Å². The van der Waals surface area contributed by atoms with E-state index in [-0.39, 0.29) is 12.5 Å². The summed E-state index contributed by atoms with van der Waals surface area (Å²) in [5, 5.41) is 9.83. The van der Waals surface area contributed by atoms with E-state index < -0.39 is 0 Å². The first-order valence-corrected chi connectivity index (χ1v) is 12.2. The molecule has 0 aliphatic carbocycles. The van der Waals surface area contributed by atoms with Gasteiger partial charge in [0.15, 0.2) is 0 Å². The van der Waals surface area contributed by atoms with Crippen molar-refractivity contribution in [2.75, 3.05) is 6.61 Å². The highest BCUT2D eigenvalue weighted by molar-refractivity contribution is 5.10. The topological polar surface area (TPSA) is 20.2 Å². The molecule has 1 heteroatoms. The molecule has 0 heterocycles. The van der Waals surface area contributed by atoms with Crippen LogP contribution in [0.3, 0.4) is 0 Å². The van der Waals surface area contributed by atoms with Crippen molar-refractivity contribution >= 4 is 0 Å². The van der Waals surface area contributed by atoms with Crippen molar-refractivity contribution in [1.29, 1.82) is 0 Å². The van der Waals surface area contributed by atoms with Gasteiger partial charge in [0.25, 0.3) is 0 Å². The first-order valence-electron chi connectivity index (χ1n) is 12.2. The maximum absolute atomic E-state index is 9.83. The molecule has 0 radical (unpaired) electrons. The van der Waals surface area contributed by atoms with Crippen LogP contribution >= 0.6 is 0 Å².